The van der Waals surface area contributed by atoms with Crippen molar-refractivity contribution in [1.29, 1.82) is 0 Å². The van der Waals surface area contributed by atoms with Crippen molar-refractivity contribution in [2.75, 3.05) is 13.2 Å². The Morgan fingerprint density at radius 1 is 1.11 bits per heavy atom. The zero-order chi connectivity index (χ0) is 13.8. The summed E-state index contributed by atoms with van der Waals surface area (Å²) >= 11 is 0. The van der Waals surface area contributed by atoms with Crippen LogP contribution in [0.5, 0.6) is 0 Å². The van der Waals surface area contributed by atoms with Crippen molar-refractivity contribution >= 4 is 0 Å². The molecule has 19 heavy (non-hydrogen) atoms. The summed E-state index contributed by atoms with van der Waals surface area (Å²) in [5.74, 6) is 0.640. The molecule has 0 aromatic heterocycles. The van der Waals surface area contributed by atoms with E-state index in [0.717, 1.165) is 18.7 Å². The molecule has 0 aromatic carbocycles. The lowest BCUT2D eigenvalue weighted by molar-refractivity contribution is -0.0583. The van der Waals surface area contributed by atoms with E-state index in [1.807, 2.05) is 0 Å². The monoisotopic (exact) mass is 268 g/mol. The standard InChI is InChI=1S/C16H32N2O/c1-4-18(14-7-5-13(17)6-8-14)15-9-10-19-16(11-15)12(2)3/h12-16H,4-11,17H2,1-3H3. The Kier molecular flexibility index (Phi) is 5.67. The first kappa shape index (κ1) is 15.3. The van der Waals surface area contributed by atoms with Gasteiger partial charge < -0.3 is 10.5 Å². The first-order valence-electron chi connectivity index (χ1n) is 8.24. The second kappa shape index (κ2) is 7.05. The third kappa shape index (κ3) is 3.93. The van der Waals surface area contributed by atoms with Crippen LogP contribution in [-0.4, -0.2) is 42.3 Å². The van der Waals surface area contributed by atoms with Gasteiger partial charge in [0, 0.05) is 24.7 Å². The molecule has 2 N–H and O–H groups in total. The molecule has 2 fully saturated rings. The SMILES string of the molecule is CCN(C1CCC(N)CC1)C1CCOC(C(C)C)C1. The van der Waals surface area contributed by atoms with Gasteiger partial charge in [-0.3, -0.25) is 4.90 Å². The fourth-order valence-corrected chi connectivity index (χ4v) is 3.82. The van der Waals surface area contributed by atoms with Crippen LogP contribution >= 0.6 is 0 Å². The molecule has 2 unspecified atom stereocenters. The van der Waals surface area contributed by atoms with Crippen molar-refractivity contribution in [3.05, 3.63) is 0 Å². The summed E-state index contributed by atoms with van der Waals surface area (Å²) in [6, 6.07) is 1.94. The molecule has 2 atom stereocenters. The molecule has 0 spiro atoms. The largest absolute Gasteiger partial charge is 0.378 e. The number of nitrogens with zero attached hydrogens (tertiary/aromatic N) is 1. The predicted octanol–water partition coefficient (Wildman–Crippen LogP) is 2.78. The minimum absolute atomic E-state index is 0.452. The van der Waals surface area contributed by atoms with E-state index in [2.05, 4.69) is 25.7 Å². The molecule has 0 aromatic rings. The van der Waals surface area contributed by atoms with Crippen LogP contribution in [0.4, 0.5) is 0 Å². The summed E-state index contributed by atoms with van der Waals surface area (Å²) in [5, 5.41) is 0. The van der Waals surface area contributed by atoms with Crippen LogP contribution in [0, 0.1) is 5.92 Å². The fourth-order valence-electron chi connectivity index (χ4n) is 3.82. The Hall–Kier alpha value is -0.120. The Balaban J connectivity index is 1.93. The number of nitrogens with two attached hydrogens (primary N) is 1. The first-order valence-corrected chi connectivity index (χ1v) is 8.24. The predicted molar refractivity (Wildman–Crippen MR) is 80.2 cm³/mol. The van der Waals surface area contributed by atoms with Crippen molar-refractivity contribution in [1.82, 2.24) is 4.90 Å². The van der Waals surface area contributed by atoms with E-state index in [-0.39, 0.29) is 0 Å². The van der Waals surface area contributed by atoms with E-state index in [1.54, 1.807) is 0 Å². The van der Waals surface area contributed by atoms with Gasteiger partial charge in [-0.25, -0.2) is 0 Å². The quantitative estimate of drug-likeness (QED) is 0.852. The van der Waals surface area contributed by atoms with Gasteiger partial charge in [-0.15, -0.1) is 0 Å². The molecule has 2 aliphatic rings. The van der Waals surface area contributed by atoms with Crippen LogP contribution < -0.4 is 5.73 Å². The average molecular weight is 268 g/mol. The van der Waals surface area contributed by atoms with E-state index in [9.17, 15) is 0 Å². The Labute approximate surface area is 118 Å². The molecule has 3 nitrogen and oxygen atoms in total. The summed E-state index contributed by atoms with van der Waals surface area (Å²) in [6.45, 7) is 8.99. The molecule has 0 bridgehead atoms. The Bertz CT molecular complexity index is 261. The van der Waals surface area contributed by atoms with E-state index < -0.39 is 0 Å². The zero-order valence-corrected chi connectivity index (χ0v) is 13.0. The molecule has 1 saturated carbocycles. The Morgan fingerprint density at radius 3 is 2.37 bits per heavy atom. The van der Waals surface area contributed by atoms with Crippen molar-refractivity contribution in [3.8, 4) is 0 Å². The number of ether oxygens (including phenoxy) is 1. The highest BCUT2D eigenvalue weighted by Gasteiger charge is 2.33. The maximum atomic E-state index is 6.04. The van der Waals surface area contributed by atoms with Crippen molar-refractivity contribution in [2.24, 2.45) is 11.7 Å². The molecular weight excluding hydrogens is 236 g/mol. The van der Waals surface area contributed by atoms with Gasteiger partial charge in [0.25, 0.3) is 0 Å². The molecule has 1 saturated heterocycles. The smallest absolute Gasteiger partial charge is 0.0612 e. The van der Waals surface area contributed by atoms with Gasteiger partial charge in [0.2, 0.25) is 0 Å². The summed E-state index contributed by atoms with van der Waals surface area (Å²) in [5.41, 5.74) is 6.04. The molecule has 1 aliphatic heterocycles. The van der Waals surface area contributed by atoms with Crippen LogP contribution in [0.3, 0.4) is 0 Å². The summed E-state index contributed by atoms with van der Waals surface area (Å²) in [6.07, 6.45) is 7.87. The number of hydrogen-bond acceptors (Lipinski definition) is 3. The molecule has 2 rings (SSSR count). The van der Waals surface area contributed by atoms with E-state index in [1.165, 1.54) is 45.1 Å². The molecule has 112 valence electrons. The van der Waals surface area contributed by atoms with Crippen molar-refractivity contribution in [3.63, 3.8) is 0 Å². The fraction of sp³-hybridized carbons (Fsp3) is 1.00. The topological polar surface area (TPSA) is 38.5 Å². The molecular formula is C16H32N2O. The van der Waals surface area contributed by atoms with E-state index >= 15 is 0 Å². The summed E-state index contributed by atoms with van der Waals surface area (Å²) in [4.78, 5) is 2.75. The lowest BCUT2D eigenvalue weighted by atomic mass is 9.87. The highest BCUT2D eigenvalue weighted by Crippen LogP contribution is 2.29. The molecule has 1 aliphatic carbocycles. The summed E-state index contributed by atoms with van der Waals surface area (Å²) in [7, 11) is 0. The van der Waals surface area contributed by atoms with Gasteiger partial charge >= 0.3 is 0 Å². The van der Waals surface area contributed by atoms with Gasteiger partial charge in [0.1, 0.15) is 0 Å². The second-order valence-electron chi connectivity index (χ2n) is 6.73. The maximum Gasteiger partial charge on any atom is 0.0612 e. The van der Waals surface area contributed by atoms with Crippen molar-refractivity contribution in [2.45, 2.75) is 83.5 Å². The number of hydrogen-bond donors (Lipinski definition) is 1. The van der Waals surface area contributed by atoms with Crippen LogP contribution in [-0.2, 0) is 4.74 Å². The maximum absolute atomic E-state index is 6.04. The first-order chi connectivity index (χ1) is 9.11. The highest BCUT2D eigenvalue weighted by atomic mass is 16.5. The van der Waals surface area contributed by atoms with Crippen LogP contribution in [0.15, 0.2) is 0 Å². The van der Waals surface area contributed by atoms with Crippen molar-refractivity contribution < 1.29 is 4.74 Å². The minimum Gasteiger partial charge on any atom is -0.378 e. The normalized spacial score (nSPS) is 36.9. The van der Waals surface area contributed by atoms with Crippen LogP contribution in [0.1, 0.15) is 59.3 Å². The zero-order valence-electron chi connectivity index (χ0n) is 13.0. The molecule has 0 radical (unpaired) electrons. The minimum atomic E-state index is 0.452. The number of rotatable bonds is 4. The molecule has 3 heteroatoms. The van der Waals surface area contributed by atoms with E-state index in [0.29, 0.717) is 18.1 Å². The average Bonchev–Trinajstić information content (AvgIpc) is 2.42. The van der Waals surface area contributed by atoms with Gasteiger partial charge in [-0.1, -0.05) is 20.8 Å². The van der Waals surface area contributed by atoms with Crippen LogP contribution in [0.25, 0.3) is 0 Å². The van der Waals surface area contributed by atoms with Gasteiger partial charge in [-0.2, -0.15) is 0 Å². The summed E-state index contributed by atoms with van der Waals surface area (Å²) < 4.78 is 5.92. The lowest BCUT2D eigenvalue weighted by Crippen LogP contribution is -2.50. The van der Waals surface area contributed by atoms with Gasteiger partial charge in [0.15, 0.2) is 0 Å². The highest BCUT2D eigenvalue weighted by molar-refractivity contribution is 4.87. The van der Waals surface area contributed by atoms with Crippen LogP contribution in [0.2, 0.25) is 0 Å². The molecule has 0 amide bonds. The third-order valence-electron chi connectivity index (χ3n) is 5.08. The second-order valence-corrected chi connectivity index (χ2v) is 6.73. The Morgan fingerprint density at radius 2 is 1.79 bits per heavy atom. The molecule has 1 heterocycles. The van der Waals surface area contributed by atoms with Gasteiger partial charge in [-0.05, 0) is 51.0 Å². The third-order valence-corrected chi connectivity index (χ3v) is 5.08. The lowest BCUT2D eigenvalue weighted by Gasteiger charge is -2.44. The van der Waals surface area contributed by atoms with Gasteiger partial charge in [0.05, 0.1) is 6.10 Å². The van der Waals surface area contributed by atoms with E-state index in [4.69, 9.17) is 10.5 Å².